The van der Waals surface area contributed by atoms with E-state index < -0.39 is 0 Å². The Morgan fingerprint density at radius 3 is 2.31 bits per heavy atom. The van der Waals surface area contributed by atoms with Crippen LogP contribution in [0.3, 0.4) is 0 Å². The second kappa shape index (κ2) is 8.79. The number of carbonyl (C=O) groups is 1. The smallest absolute Gasteiger partial charge is 0.123 e. The maximum absolute atomic E-state index is 11.1. The zero-order valence-corrected chi connectivity index (χ0v) is 18.4. The number of anilines is 1. The van der Waals surface area contributed by atoms with Gasteiger partial charge >= 0.3 is 0 Å². The molecular formula is C28H29NO3. The molecule has 164 valence electrons. The molecule has 0 aliphatic carbocycles. The molecule has 2 aliphatic rings. The van der Waals surface area contributed by atoms with Crippen molar-refractivity contribution in [1.82, 2.24) is 0 Å². The van der Waals surface area contributed by atoms with Crippen LogP contribution in [0, 0.1) is 12.8 Å². The molecule has 2 aliphatic heterocycles. The summed E-state index contributed by atoms with van der Waals surface area (Å²) in [4.78, 5) is 13.4. The van der Waals surface area contributed by atoms with Crippen LogP contribution in [0.2, 0.25) is 0 Å². The number of hydrogen-bond acceptors (Lipinski definition) is 4. The number of phenols is 1. The van der Waals surface area contributed by atoms with Gasteiger partial charge in [-0.15, -0.1) is 0 Å². The molecule has 2 heterocycles. The predicted octanol–water partition coefficient (Wildman–Crippen LogP) is 5.52. The van der Waals surface area contributed by atoms with E-state index in [0.29, 0.717) is 6.61 Å². The number of benzene rings is 3. The molecule has 4 nitrogen and oxygen atoms in total. The van der Waals surface area contributed by atoms with Gasteiger partial charge in [0.25, 0.3) is 0 Å². The standard InChI is InChI=1S/C28H29NO3/c1-19-2-4-22(5-3-19)28-27(26-11-10-25(31)16-23(26)18-32-28)21-6-8-24(9-7-21)29-14-12-20(17-30)13-15-29/h2-11,16-17,20,27-28,31H,12-15,18H2,1H3/t27-,28-/m1/s1. The van der Waals surface area contributed by atoms with E-state index in [1.165, 1.54) is 27.9 Å². The number of aldehydes is 1. The Labute approximate surface area is 189 Å². The quantitative estimate of drug-likeness (QED) is 0.557. The van der Waals surface area contributed by atoms with Crippen molar-refractivity contribution >= 4 is 12.0 Å². The molecule has 3 aromatic rings. The predicted molar refractivity (Wildman–Crippen MR) is 126 cm³/mol. The lowest BCUT2D eigenvalue weighted by atomic mass is 9.79. The minimum atomic E-state index is -0.0816. The summed E-state index contributed by atoms with van der Waals surface area (Å²) >= 11 is 0. The molecule has 0 spiro atoms. The van der Waals surface area contributed by atoms with E-state index in [4.69, 9.17) is 4.74 Å². The molecule has 3 aromatic carbocycles. The molecule has 0 aromatic heterocycles. The Balaban J connectivity index is 1.48. The first-order chi connectivity index (χ1) is 15.6. The van der Waals surface area contributed by atoms with Crippen LogP contribution in [0.15, 0.2) is 66.7 Å². The molecule has 2 atom stereocenters. The van der Waals surface area contributed by atoms with Crippen LogP contribution in [0.1, 0.15) is 52.7 Å². The van der Waals surface area contributed by atoms with Crippen LogP contribution in [-0.2, 0) is 16.1 Å². The van der Waals surface area contributed by atoms with Crippen molar-refractivity contribution in [3.8, 4) is 5.75 Å². The highest BCUT2D eigenvalue weighted by Crippen LogP contribution is 2.45. The lowest BCUT2D eigenvalue weighted by Crippen LogP contribution is -2.34. The number of piperidine rings is 1. The van der Waals surface area contributed by atoms with E-state index in [-0.39, 0.29) is 23.7 Å². The largest absolute Gasteiger partial charge is 0.508 e. The Kier molecular flexibility index (Phi) is 5.71. The number of ether oxygens (including phenoxy) is 1. The van der Waals surface area contributed by atoms with E-state index in [1.54, 1.807) is 6.07 Å². The van der Waals surface area contributed by atoms with Crippen LogP contribution in [0.4, 0.5) is 5.69 Å². The van der Waals surface area contributed by atoms with Crippen molar-refractivity contribution < 1.29 is 14.6 Å². The van der Waals surface area contributed by atoms with E-state index in [9.17, 15) is 9.90 Å². The third-order valence-electron chi connectivity index (χ3n) is 6.94. The summed E-state index contributed by atoms with van der Waals surface area (Å²) in [5.74, 6) is 0.527. The summed E-state index contributed by atoms with van der Waals surface area (Å²) in [6.45, 7) is 4.42. The summed E-state index contributed by atoms with van der Waals surface area (Å²) in [5.41, 5.74) is 7.05. The molecule has 0 saturated carbocycles. The van der Waals surface area contributed by atoms with E-state index in [2.05, 4.69) is 60.4 Å². The number of aryl methyl sites for hydroxylation is 1. The van der Waals surface area contributed by atoms with Gasteiger partial charge in [-0.05, 0) is 66.3 Å². The van der Waals surface area contributed by atoms with E-state index >= 15 is 0 Å². The van der Waals surface area contributed by atoms with Crippen molar-refractivity contribution in [1.29, 1.82) is 0 Å². The van der Waals surface area contributed by atoms with Crippen molar-refractivity contribution in [3.63, 3.8) is 0 Å². The van der Waals surface area contributed by atoms with Crippen molar-refractivity contribution in [2.45, 2.75) is 38.4 Å². The normalized spacial score (nSPS) is 21.2. The zero-order chi connectivity index (χ0) is 22.1. The van der Waals surface area contributed by atoms with E-state index in [0.717, 1.165) is 37.8 Å². The minimum absolute atomic E-state index is 0.0527. The highest BCUT2D eigenvalue weighted by molar-refractivity contribution is 5.56. The topological polar surface area (TPSA) is 49.8 Å². The SMILES string of the molecule is Cc1ccc([C@H]2OCc3cc(O)ccc3[C@H]2c2ccc(N3CCC(C=O)CC3)cc2)cc1. The number of carbonyl (C=O) groups excluding carboxylic acids is 1. The maximum Gasteiger partial charge on any atom is 0.123 e. The van der Waals surface area contributed by atoms with Gasteiger partial charge in [-0.1, -0.05) is 48.0 Å². The molecule has 1 saturated heterocycles. The van der Waals surface area contributed by atoms with Crippen LogP contribution in [0.5, 0.6) is 5.75 Å². The van der Waals surface area contributed by atoms with Gasteiger partial charge in [0.05, 0.1) is 12.7 Å². The summed E-state index contributed by atoms with van der Waals surface area (Å²) < 4.78 is 6.37. The first kappa shape index (κ1) is 20.8. The van der Waals surface area contributed by atoms with Gasteiger partial charge in [0, 0.05) is 30.6 Å². The van der Waals surface area contributed by atoms with Gasteiger partial charge in [-0.25, -0.2) is 0 Å². The number of nitrogens with zero attached hydrogens (tertiary/aromatic N) is 1. The summed E-state index contributed by atoms with van der Waals surface area (Å²) in [6.07, 6.45) is 2.87. The van der Waals surface area contributed by atoms with Gasteiger partial charge in [-0.2, -0.15) is 0 Å². The van der Waals surface area contributed by atoms with Gasteiger partial charge in [0.15, 0.2) is 0 Å². The summed E-state index contributed by atoms with van der Waals surface area (Å²) in [5, 5.41) is 9.99. The van der Waals surface area contributed by atoms with Gasteiger partial charge in [0.1, 0.15) is 12.0 Å². The number of hydrogen-bond donors (Lipinski definition) is 1. The molecule has 1 fully saturated rings. The lowest BCUT2D eigenvalue weighted by molar-refractivity contribution is -0.111. The molecule has 4 heteroatoms. The Morgan fingerprint density at radius 1 is 0.938 bits per heavy atom. The lowest BCUT2D eigenvalue weighted by Gasteiger charge is -2.35. The number of aromatic hydroxyl groups is 1. The molecule has 0 bridgehead atoms. The van der Waals surface area contributed by atoms with Crippen LogP contribution >= 0.6 is 0 Å². The molecule has 0 amide bonds. The van der Waals surface area contributed by atoms with Crippen LogP contribution in [0.25, 0.3) is 0 Å². The second-order valence-electron chi connectivity index (χ2n) is 9.06. The number of rotatable bonds is 4. The first-order valence-electron chi connectivity index (χ1n) is 11.4. The van der Waals surface area contributed by atoms with E-state index in [1.807, 2.05) is 12.1 Å². The molecule has 0 unspecified atom stereocenters. The fourth-order valence-corrected chi connectivity index (χ4v) is 5.04. The fraction of sp³-hybridized carbons (Fsp3) is 0.321. The molecule has 0 radical (unpaired) electrons. The first-order valence-corrected chi connectivity index (χ1v) is 11.4. The fourth-order valence-electron chi connectivity index (χ4n) is 5.04. The summed E-state index contributed by atoms with van der Waals surface area (Å²) in [6, 6.07) is 23.0. The molecular weight excluding hydrogens is 398 g/mol. The number of fused-ring (bicyclic) bond motifs is 1. The van der Waals surface area contributed by atoms with Crippen molar-refractivity contribution in [3.05, 3.63) is 94.5 Å². The van der Waals surface area contributed by atoms with Crippen molar-refractivity contribution in [2.24, 2.45) is 5.92 Å². The molecule has 1 N–H and O–H groups in total. The van der Waals surface area contributed by atoms with Crippen molar-refractivity contribution in [2.75, 3.05) is 18.0 Å². The summed E-state index contributed by atoms with van der Waals surface area (Å²) in [7, 11) is 0. The highest BCUT2D eigenvalue weighted by Gasteiger charge is 2.33. The Morgan fingerprint density at radius 2 is 1.62 bits per heavy atom. The van der Waals surface area contributed by atoms with Gasteiger partial charge in [-0.3, -0.25) is 0 Å². The van der Waals surface area contributed by atoms with Gasteiger partial charge in [0.2, 0.25) is 0 Å². The molecule has 5 rings (SSSR count). The highest BCUT2D eigenvalue weighted by atomic mass is 16.5. The average Bonchev–Trinajstić information content (AvgIpc) is 2.84. The average molecular weight is 428 g/mol. The number of phenolic OH excluding ortho intramolecular Hbond substituents is 1. The minimum Gasteiger partial charge on any atom is -0.508 e. The van der Waals surface area contributed by atoms with Gasteiger partial charge < -0.3 is 19.5 Å². The second-order valence-corrected chi connectivity index (χ2v) is 9.06. The monoisotopic (exact) mass is 427 g/mol. The third kappa shape index (κ3) is 4.03. The maximum atomic E-state index is 11.1. The Bertz CT molecular complexity index is 1080. The van der Waals surface area contributed by atoms with Crippen LogP contribution < -0.4 is 4.90 Å². The molecule has 32 heavy (non-hydrogen) atoms. The Hall–Kier alpha value is -3.11. The zero-order valence-electron chi connectivity index (χ0n) is 18.4. The van der Waals surface area contributed by atoms with Crippen LogP contribution in [-0.4, -0.2) is 24.5 Å². The third-order valence-corrected chi connectivity index (χ3v) is 6.94.